The minimum atomic E-state index is -0.521. The van der Waals surface area contributed by atoms with Crippen molar-refractivity contribution in [3.63, 3.8) is 0 Å². The Morgan fingerprint density at radius 1 is 1.28 bits per heavy atom. The molecular weight excluding hydrogens is 276 g/mol. The first-order valence-electron chi connectivity index (χ1n) is 5.34. The predicted molar refractivity (Wildman–Crippen MR) is 71.1 cm³/mol. The molecule has 3 nitrogen and oxygen atoms in total. The molecule has 2 aromatic rings. The highest BCUT2D eigenvalue weighted by Gasteiger charge is 2.08. The topological polar surface area (TPSA) is 37.8 Å². The minimum Gasteiger partial charge on any atom is -0.338 e. The van der Waals surface area contributed by atoms with E-state index in [1.165, 1.54) is 12.1 Å². The largest absolute Gasteiger partial charge is 0.338 e. The number of aryl methyl sites for hydroxylation is 1. The SMILES string of the molecule is CCc1nc(Cl)cc(Nc2cccc(Cl)c2F)n1. The third-order valence-electron chi connectivity index (χ3n) is 2.27. The van der Waals surface area contributed by atoms with Crippen LogP contribution in [0.2, 0.25) is 10.2 Å². The van der Waals surface area contributed by atoms with Crippen molar-refractivity contribution >= 4 is 34.7 Å². The van der Waals surface area contributed by atoms with Crippen LogP contribution in [0.5, 0.6) is 0 Å². The van der Waals surface area contributed by atoms with Crippen LogP contribution >= 0.6 is 23.2 Å². The van der Waals surface area contributed by atoms with Crippen LogP contribution in [-0.4, -0.2) is 9.97 Å². The van der Waals surface area contributed by atoms with Gasteiger partial charge in [-0.3, -0.25) is 0 Å². The van der Waals surface area contributed by atoms with Gasteiger partial charge in [0.15, 0.2) is 5.82 Å². The molecule has 18 heavy (non-hydrogen) atoms. The molecule has 0 saturated carbocycles. The molecule has 0 atom stereocenters. The summed E-state index contributed by atoms with van der Waals surface area (Å²) in [7, 11) is 0. The van der Waals surface area contributed by atoms with Gasteiger partial charge in [-0.25, -0.2) is 14.4 Å². The second-order valence-corrected chi connectivity index (χ2v) is 4.37. The maximum atomic E-state index is 13.7. The van der Waals surface area contributed by atoms with Crippen molar-refractivity contribution in [2.75, 3.05) is 5.32 Å². The van der Waals surface area contributed by atoms with E-state index in [9.17, 15) is 4.39 Å². The van der Waals surface area contributed by atoms with Gasteiger partial charge in [-0.2, -0.15) is 0 Å². The number of rotatable bonds is 3. The van der Waals surface area contributed by atoms with Gasteiger partial charge in [-0.05, 0) is 12.1 Å². The summed E-state index contributed by atoms with van der Waals surface area (Å²) >= 11 is 11.6. The summed E-state index contributed by atoms with van der Waals surface area (Å²) in [5.74, 6) is 0.507. The van der Waals surface area contributed by atoms with E-state index in [1.807, 2.05) is 6.92 Å². The summed E-state index contributed by atoms with van der Waals surface area (Å²) in [6, 6.07) is 6.23. The molecule has 1 aromatic carbocycles. The molecule has 0 spiro atoms. The number of hydrogen-bond donors (Lipinski definition) is 1. The molecule has 0 unspecified atom stereocenters. The molecule has 0 fully saturated rings. The quantitative estimate of drug-likeness (QED) is 0.858. The van der Waals surface area contributed by atoms with Crippen molar-refractivity contribution in [1.29, 1.82) is 0 Å². The Labute approximate surface area is 114 Å². The molecule has 0 aliphatic carbocycles. The van der Waals surface area contributed by atoms with E-state index in [2.05, 4.69) is 15.3 Å². The van der Waals surface area contributed by atoms with Crippen LogP contribution in [0, 0.1) is 5.82 Å². The minimum absolute atomic E-state index is 0.0517. The molecule has 94 valence electrons. The van der Waals surface area contributed by atoms with Crippen molar-refractivity contribution in [3.05, 3.63) is 46.1 Å². The second-order valence-electron chi connectivity index (χ2n) is 3.57. The molecule has 1 N–H and O–H groups in total. The molecular formula is C12H10Cl2FN3. The highest BCUT2D eigenvalue weighted by molar-refractivity contribution is 6.31. The molecule has 0 saturated heterocycles. The van der Waals surface area contributed by atoms with Gasteiger partial charge in [0.1, 0.15) is 16.8 Å². The Bertz CT molecular complexity index is 575. The zero-order valence-corrected chi connectivity index (χ0v) is 11.1. The van der Waals surface area contributed by atoms with Crippen LogP contribution < -0.4 is 5.32 Å². The fourth-order valence-electron chi connectivity index (χ4n) is 1.43. The molecule has 6 heteroatoms. The zero-order valence-electron chi connectivity index (χ0n) is 9.54. The number of halogens is 3. The standard InChI is InChI=1S/C12H10Cl2FN3/c1-2-10-17-9(14)6-11(18-10)16-8-5-3-4-7(13)12(8)15/h3-6H,2H2,1H3,(H,16,17,18). The molecule has 0 radical (unpaired) electrons. The smallest absolute Gasteiger partial charge is 0.165 e. The number of hydrogen-bond acceptors (Lipinski definition) is 3. The Hall–Kier alpha value is -1.39. The molecule has 2 rings (SSSR count). The lowest BCUT2D eigenvalue weighted by Gasteiger charge is -2.08. The summed E-state index contributed by atoms with van der Waals surface area (Å²) in [6.07, 6.45) is 0.646. The fourth-order valence-corrected chi connectivity index (χ4v) is 1.80. The van der Waals surface area contributed by atoms with Crippen LogP contribution in [0.1, 0.15) is 12.7 Å². The van der Waals surface area contributed by atoms with E-state index in [0.29, 0.717) is 23.2 Å². The van der Waals surface area contributed by atoms with Crippen molar-refractivity contribution in [3.8, 4) is 0 Å². The van der Waals surface area contributed by atoms with Gasteiger partial charge in [-0.15, -0.1) is 0 Å². The Balaban J connectivity index is 2.34. The van der Waals surface area contributed by atoms with Crippen LogP contribution in [-0.2, 0) is 6.42 Å². The number of anilines is 2. The van der Waals surface area contributed by atoms with E-state index >= 15 is 0 Å². The summed E-state index contributed by atoms with van der Waals surface area (Å²) < 4.78 is 13.7. The van der Waals surface area contributed by atoms with Gasteiger partial charge in [0, 0.05) is 12.5 Å². The summed E-state index contributed by atoms with van der Waals surface area (Å²) in [4.78, 5) is 8.23. The van der Waals surface area contributed by atoms with E-state index in [4.69, 9.17) is 23.2 Å². The molecule has 1 heterocycles. The van der Waals surface area contributed by atoms with E-state index in [-0.39, 0.29) is 10.7 Å². The van der Waals surface area contributed by atoms with Gasteiger partial charge in [0.2, 0.25) is 0 Å². The highest BCUT2D eigenvalue weighted by Crippen LogP contribution is 2.25. The Kier molecular flexibility index (Phi) is 3.99. The monoisotopic (exact) mass is 285 g/mol. The summed E-state index contributed by atoms with van der Waals surface area (Å²) in [5.41, 5.74) is 0.249. The summed E-state index contributed by atoms with van der Waals surface area (Å²) in [5, 5.41) is 3.20. The normalized spacial score (nSPS) is 10.4. The molecule has 0 bridgehead atoms. The van der Waals surface area contributed by atoms with Gasteiger partial charge < -0.3 is 5.32 Å². The van der Waals surface area contributed by atoms with Gasteiger partial charge in [-0.1, -0.05) is 36.2 Å². The van der Waals surface area contributed by atoms with Crippen LogP contribution in [0.25, 0.3) is 0 Å². The molecule has 0 aliphatic heterocycles. The lowest BCUT2D eigenvalue weighted by Crippen LogP contribution is -2.01. The average molecular weight is 286 g/mol. The van der Waals surface area contributed by atoms with Crippen molar-refractivity contribution < 1.29 is 4.39 Å². The van der Waals surface area contributed by atoms with E-state index in [1.54, 1.807) is 12.1 Å². The maximum Gasteiger partial charge on any atom is 0.165 e. The second kappa shape index (κ2) is 5.50. The first-order valence-corrected chi connectivity index (χ1v) is 6.10. The fraction of sp³-hybridized carbons (Fsp3) is 0.167. The molecule has 1 aromatic heterocycles. The zero-order chi connectivity index (χ0) is 13.1. The van der Waals surface area contributed by atoms with Gasteiger partial charge in [0.05, 0.1) is 10.7 Å². The third kappa shape index (κ3) is 2.89. The number of benzene rings is 1. The summed E-state index contributed by atoms with van der Waals surface area (Å²) in [6.45, 7) is 1.91. The predicted octanol–water partition coefficient (Wildman–Crippen LogP) is 4.23. The van der Waals surface area contributed by atoms with Crippen LogP contribution in [0.3, 0.4) is 0 Å². The highest BCUT2D eigenvalue weighted by atomic mass is 35.5. The van der Waals surface area contributed by atoms with E-state index in [0.717, 1.165) is 0 Å². The number of aromatic nitrogens is 2. The molecule has 0 amide bonds. The average Bonchev–Trinajstić information content (AvgIpc) is 2.34. The van der Waals surface area contributed by atoms with Gasteiger partial charge in [0.25, 0.3) is 0 Å². The number of nitrogens with zero attached hydrogens (tertiary/aromatic N) is 2. The van der Waals surface area contributed by atoms with E-state index < -0.39 is 5.82 Å². The first kappa shape index (κ1) is 13.1. The molecule has 0 aliphatic rings. The third-order valence-corrected chi connectivity index (χ3v) is 2.76. The first-order chi connectivity index (χ1) is 8.60. The van der Waals surface area contributed by atoms with Crippen LogP contribution in [0.4, 0.5) is 15.9 Å². The lowest BCUT2D eigenvalue weighted by molar-refractivity contribution is 0.632. The lowest BCUT2D eigenvalue weighted by atomic mass is 10.3. The Morgan fingerprint density at radius 2 is 2.06 bits per heavy atom. The van der Waals surface area contributed by atoms with Crippen LogP contribution in [0.15, 0.2) is 24.3 Å². The van der Waals surface area contributed by atoms with Crippen molar-refractivity contribution in [2.45, 2.75) is 13.3 Å². The van der Waals surface area contributed by atoms with Gasteiger partial charge >= 0.3 is 0 Å². The Morgan fingerprint density at radius 3 is 2.78 bits per heavy atom. The van der Waals surface area contributed by atoms with Crippen molar-refractivity contribution in [1.82, 2.24) is 9.97 Å². The van der Waals surface area contributed by atoms with Crippen molar-refractivity contribution in [2.24, 2.45) is 0 Å². The maximum absolute atomic E-state index is 13.7. The number of nitrogens with one attached hydrogen (secondary N) is 1.